The van der Waals surface area contributed by atoms with E-state index in [4.69, 9.17) is 11.6 Å². The number of carbonyl (C=O) groups is 3. The average molecular weight is 585 g/mol. The second-order valence-corrected chi connectivity index (χ2v) is 12.0. The monoisotopic (exact) mass is 584 g/mol. The van der Waals surface area contributed by atoms with Crippen LogP contribution in [-0.4, -0.2) is 76.1 Å². The highest BCUT2D eigenvalue weighted by Gasteiger charge is 2.33. The van der Waals surface area contributed by atoms with Crippen molar-refractivity contribution in [1.82, 2.24) is 10.2 Å². The molecule has 1 unspecified atom stereocenters. The molecule has 1 fully saturated rings. The SMILES string of the molecule is CS(=O)(=O)c1cc(F)ccc1N1CCN(C(=O)CN(C(=O)C2=CC3NC(=O)C(Cl)=C3C=C2)c2ccccc2)CC1. The minimum Gasteiger partial charge on any atom is -0.367 e. The molecular weight excluding hydrogens is 559 g/mol. The van der Waals surface area contributed by atoms with Gasteiger partial charge >= 0.3 is 0 Å². The summed E-state index contributed by atoms with van der Waals surface area (Å²) in [5.74, 6) is -1.74. The number of carbonyl (C=O) groups excluding carboxylic acids is 3. The largest absolute Gasteiger partial charge is 0.367 e. The summed E-state index contributed by atoms with van der Waals surface area (Å²) in [6, 6.07) is 11.9. The van der Waals surface area contributed by atoms with Gasteiger partial charge in [0.05, 0.1) is 16.6 Å². The maximum absolute atomic E-state index is 13.8. The minimum absolute atomic E-state index is 0.0857. The number of halogens is 2. The lowest BCUT2D eigenvalue weighted by atomic mass is 9.98. The van der Waals surface area contributed by atoms with Gasteiger partial charge in [0.2, 0.25) is 5.91 Å². The van der Waals surface area contributed by atoms with Crippen LogP contribution in [0.4, 0.5) is 15.8 Å². The van der Waals surface area contributed by atoms with Crippen LogP contribution in [0.2, 0.25) is 0 Å². The summed E-state index contributed by atoms with van der Waals surface area (Å²) >= 11 is 6.06. The Balaban J connectivity index is 1.31. The molecule has 9 nitrogen and oxygen atoms in total. The number of benzene rings is 2. The number of nitrogens with one attached hydrogen (secondary N) is 1. The molecule has 2 aliphatic heterocycles. The van der Waals surface area contributed by atoms with E-state index < -0.39 is 33.5 Å². The van der Waals surface area contributed by atoms with Gasteiger partial charge < -0.3 is 15.1 Å². The smallest absolute Gasteiger partial charge is 0.263 e. The van der Waals surface area contributed by atoms with Gasteiger partial charge in [0.1, 0.15) is 17.4 Å². The third-order valence-electron chi connectivity index (χ3n) is 7.01. The quantitative estimate of drug-likeness (QED) is 0.559. The zero-order chi connectivity index (χ0) is 28.6. The fourth-order valence-electron chi connectivity index (χ4n) is 4.94. The number of piperazine rings is 1. The van der Waals surface area contributed by atoms with E-state index in [9.17, 15) is 27.2 Å². The molecule has 1 aliphatic carbocycles. The number of para-hydroxylation sites is 1. The maximum Gasteiger partial charge on any atom is 0.263 e. The Bertz CT molecular complexity index is 1580. The zero-order valence-electron chi connectivity index (χ0n) is 21.5. The minimum atomic E-state index is -3.66. The van der Waals surface area contributed by atoms with Gasteiger partial charge in [-0.05, 0) is 42.5 Å². The first-order valence-corrected chi connectivity index (χ1v) is 14.8. The second kappa shape index (κ2) is 10.9. The third kappa shape index (κ3) is 5.52. The predicted molar refractivity (Wildman–Crippen MR) is 149 cm³/mol. The number of sulfone groups is 1. The van der Waals surface area contributed by atoms with Crippen LogP contribution in [0.15, 0.2) is 87.8 Å². The van der Waals surface area contributed by atoms with Gasteiger partial charge in [-0.15, -0.1) is 0 Å². The molecule has 0 bridgehead atoms. The van der Waals surface area contributed by atoms with Gasteiger partial charge in [0, 0.05) is 49.3 Å². The van der Waals surface area contributed by atoms with Gasteiger partial charge in [-0.1, -0.05) is 35.9 Å². The van der Waals surface area contributed by atoms with Crippen LogP contribution in [0.5, 0.6) is 0 Å². The first-order valence-electron chi connectivity index (χ1n) is 12.5. The Labute approximate surface area is 236 Å². The normalized spacial score (nSPS) is 18.8. The first kappa shape index (κ1) is 27.6. The highest BCUT2D eigenvalue weighted by atomic mass is 35.5. The Hall–Kier alpha value is -3.96. The fourth-order valence-corrected chi connectivity index (χ4v) is 6.08. The molecule has 208 valence electrons. The van der Waals surface area contributed by atoms with Gasteiger partial charge in [0.25, 0.3) is 11.8 Å². The van der Waals surface area contributed by atoms with Crippen LogP contribution >= 0.6 is 11.6 Å². The molecule has 0 radical (unpaired) electrons. The summed E-state index contributed by atoms with van der Waals surface area (Å²) in [7, 11) is -3.66. The Morgan fingerprint density at radius 3 is 2.45 bits per heavy atom. The molecule has 40 heavy (non-hydrogen) atoms. The second-order valence-electron chi connectivity index (χ2n) is 9.65. The Morgan fingerprint density at radius 1 is 1.07 bits per heavy atom. The van der Waals surface area contributed by atoms with E-state index in [-0.39, 0.29) is 22.4 Å². The molecule has 1 N–H and O–H groups in total. The Kier molecular flexibility index (Phi) is 7.52. The van der Waals surface area contributed by atoms with Crippen molar-refractivity contribution in [2.75, 3.05) is 48.8 Å². The van der Waals surface area contributed by atoms with E-state index in [0.717, 1.165) is 12.3 Å². The van der Waals surface area contributed by atoms with E-state index in [2.05, 4.69) is 5.32 Å². The molecule has 5 rings (SSSR count). The number of rotatable bonds is 6. The number of nitrogens with zero attached hydrogens (tertiary/aromatic N) is 3. The van der Waals surface area contributed by atoms with Crippen molar-refractivity contribution in [1.29, 1.82) is 0 Å². The summed E-state index contributed by atoms with van der Waals surface area (Å²) in [5, 5.41) is 2.80. The third-order valence-corrected chi connectivity index (χ3v) is 8.53. The van der Waals surface area contributed by atoms with Gasteiger partial charge in [0.15, 0.2) is 9.84 Å². The van der Waals surface area contributed by atoms with Gasteiger partial charge in [-0.3, -0.25) is 19.3 Å². The van der Waals surface area contributed by atoms with Crippen molar-refractivity contribution in [2.45, 2.75) is 10.9 Å². The lowest BCUT2D eigenvalue weighted by molar-refractivity contribution is -0.131. The van der Waals surface area contributed by atoms with Crippen molar-refractivity contribution in [2.24, 2.45) is 0 Å². The van der Waals surface area contributed by atoms with Crippen molar-refractivity contribution in [3.63, 3.8) is 0 Å². The summed E-state index contributed by atoms with van der Waals surface area (Å²) in [5.41, 5.74) is 1.82. The highest BCUT2D eigenvalue weighted by molar-refractivity contribution is 7.90. The van der Waals surface area contributed by atoms with E-state index in [1.165, 1.54) is 17.0 Å². The van der Waals surface area contributed by atoms with Gasteiger partial charge in [-0.2, -0.15) is 0 Å². The number of hydrogen-bond acceptors (Lipinski definition) is 6. The molecule has 2 aromatic carbocycles. The van der Waals surface area contributed by atoms with Crippen LogP contribution in [0.25, 0.3) is 0 Å². The van der Waals surface area contributed by atoms with E-state index in [1.807, 2.05) is 4.90 Å². The predicted octanol–water partition coefficient (Wildman–Crippen LogP) is 2.40. The maximum atomic E-state index is 13.8. The number of anilines is 2. The summed E-state index contributed by atoms with van der Waals surface area (Å²) in [6.07, 6.45) is 5.86. The molecule has 3 aliphatic rings. The van der Waals surface area contributed by atoms with E-state index >= 15 is 0 Å². The molecule has 2 heterocycles. The summed E-state index contributed by atoms with van der Waals surface area (Å²) in [6.45, 7) is 1.04. The number of amides is 3. The van der Waals surface area contributed by atoms with Crippen LogP contribution in [-0.2, 0) is 24.2 Å². The van der Waals surface area contributed by atoms with Crippen LogP contribution in [0.3, 0.4) is 0 Å². The van der Waals surface area contributed by atoms with E-state index in [1.54, 1.807) is 53.5 Å². The molecule has 1 saturated heterocycles. The standard InChI is InChI=1S/C28H26ClFN4O5S/c1-40(38,39)24-16-19(30)8-10-23(24)32-11-13-33(14-12-32)25(35)17-34(20-5-3-2-4-6-20)28(37)18-7-9-21-22(15-18)31-27(36)26(21)29/h2-10,15-16,22H,11-14,17H2,1H3,(H,31,36). The van der Waals surface area contributed by atoms with Crippen LogP contribution in [0.1, 0.15) is 0 Å². The lowest BCUT2D eigenvalue weighted by Crippen LogP contribution is -2.52. The lowest BCUT2D eigenvalue weighted by Gasteiger charge is -2.37. The van der Waals surface area contributed by atoms with E-state index in [0.29, 0.717) is 48.7 Å². The molecule has 0 spiro atoms. The number of fused-ring (bicyclic) bond motifs is 1. The fraction of sp³-hybridized carbons (Fsp3) is 0.250. The average Bonchev–Trinajstić information content (AvgIpc) is 3.23. The van der Waals surface area contributed by atoms with Gasteiger partial charge in [-0.25, -0.2) is 12.8 Å². The highest BCUT2D eigenvalue weighted by Crippen LogP contribution is 2.30. The van der Waals surface area contributed by atoms with Crippen molar-refractivity contribution < 1.29 is 27.2 Å². The first-order chi connectivity index (χ1) is 19.0. The molecule has 1 atom stereocenters. The molecule has 0 saturated carbocycles. The molecule has 3 amide bonds. The topological polar surface area (TPSA) is 107 Å². The summed E-state index contributed by atoms with van der Waals surface area (Å²) in [4.78, 5) is 43.7. The number of hydrogen-bond donors (Lipinski definition) is 1. The summed E-state index contributed by atoms with van der Waals surface area (Å²) < 4.78 is 38.2. The molecule has 2 aromatic rings. The molecular formula is C28H26ClFN4O5S. The van der Waals surface area contributed by atoms with Crippen molar-refractivity contribution >= 4 is 50.5 Å². The van der Waals surface area contributed by atoms with Crippen molar-refractivity contribution in [3.8, 4) is 0 Å². The van der Waals surface area contributed by atoms with Crippen LogP contribution < -0.4 is 15.1 Å². The van der Waals surface area contributed by atoms with Crippen molar-refractivity contribution in [3.05, 3.63) is 88.8 Å². The Morgan fingerprint density at radius 2 is 1.77 bits per heavy atom. The molecule has 12 heteroatoms. The molecule has 0 aromatic heterocycles. The van der Waals surface area contributed by atoms with Crippen LogP contribution in [0, 0.1) is 5.82 Å². The zero-order valence-corrected chi connectivity index (χ0v) is 23.1.